The Morgan fingerprint density at radius 1 is 1.36 bits per heavy atom. The summed E-state index contributed by atoms with van der Waals surface area (Å²) in [5.41, 5.74) is 0.465. The summed E-state index contributed by atoms with van der Waals surface area (Å²) in [6.07, 6.45) is 5.60. The molecule has 0 radical (unpaired) electrons. The Kier molecular flexibility index (Phi) is 1.74. The summed E-state index contributed by atoms with van der Waals surface area (Å²) in [4.78, 5) is 29.2. The molecule has 6 heteroatoms. The van der Waals surface area contributed by atoms with E-state index in [1.165, 1.54) is 29.2 Å². The van der Waals surface area contributed by atoms with E-state index in [2.05, 4.69) is 9.97 Å². The Labute approximate surface area is 77.8 Å². The van der Waals surface area contributed by atoms with Gasteiger partial charge in [0.1, 0.15) is 5.69 Å². The van der Waals surface area contributed by atoms with E-state index in [1.807, 2.05) is 0 Å². The molecule has 6 nitrogen and oxygen atoms in total. The van der Waals surface area contributed by atoms with Crippen molar-refractivity contribution in [2.75, 3.05) is 0 Å². The van der Waals surface area contributed by atoms with Gasteiger partial charge in [-0.25, -0.2) is 9.78 Å². The van der Waals surface area contributed by atoms with E-state index in [1.54, 1.807) is 0 Å². The van der Waals surface area contributed by atoms with Crippen LogP contribution in [0, 0.1) is 0 Å². The number of ketones is 1. The van der Waals surface area contributed by atoms with Gasteiger partial charge in [-0.1, -0.05) is 0 Å². The lowest BCUT2D eigenvalue weighted by atomic mass is 10.3. The number of rotatable bonds is 2. The summed E-state index contributed by atoms with van der Waals surface area (Å²) in [5, 5.41) is 8.51. The molecule has 14 heavy (non-hydrogen) atoms. The molecule has 0 fully saturated rings. The maximum Gasteiger partial charge on any atom is 0.378 e. The SMILES string of the molecule is O=C(O)C(=O)c1cnc2cnccn12. The predicted octanol–water partition coefficient (Wildman–Crippen LogP) is -0.00340. The van der Waals surface area contributed by atoms with Crippen LogP contribution in [0.1, 0.15) is 10.5 Å². The van der Waals surface area contributed by atoms with E-state index >= 15 is 0 Å². The molecule has 0 aliphatic heterocycles. The van der Waals surface area contributed by atoms with Gasteiger partial charge in [-0.05, 0) is 0 Å². The highest BCUT2D eigenvalue weighted by atomic mass is 16.4. The van der Waals surface area contributed by atoms with Crippen molar-refractivity contribution < 1.29 is 14.7 Å². The molecule has 1 N–H and O–H groups in total. The molecule has 0 saturated carbocycles. The van der Waals surface area contributed by atoms with Crippen molar-refractivity contribution in [3.05, 3.63) is 30.5 Å². The largest absolute Gasteiger partial charge is 0.475 e. The van der Waals surface area contributed by atoms with Crippen molar-refractivity contribution in [1.29, 1.82) is 0 Å². The normalized spacial score (nSPS) is 10.3. The van der Waals surface area contributed by atoms with Crippen LogP contribution in [-0.2, 0) is 4.79 Å². The third-order valence-corrected chi connectivity index (χ3v) is 1.74. The van der Waals surface area contributed by atoms with Gasteiger partial charge in [0.15, 0.2) is 5.65 Å². The molecule has 2 heterocycles. The topological polar surface area (TPSA) is 84.6 Å². The molecule has 0 saturated heterocycles. The van der Waals surface area contributed by atoms with Crippen molar-refractivity contribution in [2.24, 2.45) is 0 Å². The van der Waals surface area contributed by atoms with Gasteiger partial charge in [0.25, 0.3) is 5.78 Å². The lowest BCUT2D eigenvalue weighted by molar-refractivity contribution is -0.131. The minimum absolute atomic E-state index is 0.0231. The summed E-state index contributed by atoms with van der Waals surface area (Å²) in [6.45, 7) is 0. The fourth-order valence-electron chi connectivity index (χ4n) is 1.12. The van der Waals surface area contributed by atoms with Crippen LogP contribution in [0.2, 0.25) is 0 Å². The van der Waals surface area contributed by atoms with Crippen LogP contribution in [0.5, 0.6) is 0 Å². The number of hydrogen-bond donors (Lipinski definition) is 1. The van der Waals surface area contributed by atoms with Gasteiger partial charge >= 0.3 is 5.97 Å². The van der Waals surface area contributed by atoms with Gasteiger partial charge in [0, 0.05) is 12.4 Å². The lowest BCUT2D eigenvalue weighted by Gasteiger charge is -1.95. The second-order valence-corrected chi connectivity index (χ2v) is 2.58. The van der Waals surface area contributed by atoms with Gasteiger partial charge in [-0.2, -0.15) is 0 Å². The van der Waals surface area contributed by atoms with E-state index in [9.17, 15) is 9.59 Å². The van der Waals surface area contributed by atoms with Crippen LogP contribution in [0.15, 0.2) is 24.8 Å². The highest BCUT2D eigenvalue weighted by Gasteiger charge is 2.18. The number of carboxylic acids is 1. The number of fused-ring (bicyclic) bond motifs is 1. The molecule has 2 aromatic rings. The Morgan fingerprint density at radius 3 is 2.86 bits per heavy atom. The molecular weight excluding hydrogens is 186 g/mol. The van der Waals surface area contributed by atoms with Crippen LogP contribution in [-0.4, -0.2) is 31.2 Å². The number of nitrogens with zero attached hydrogens (tertiary/aromatic N) is 3. The average Bonchev–Trinajstić information content (AvgIpc) is 2.60. The Bertz CT molecular complexity index is 517. The highest BCUT2D eigenvalue weighted by molar-refractivity contribution is 6.39. The first kappa shape index (κ1) is 8.36. The minimum atomic E-state index is -1.50. The fraction of sp³-hybridized carbons (Fsp3) is 0. The van der Waals surface area contributed by atoms with Gasteiger partial charge in [-0.3, -0.25) is 14.2 Å². The van der Waals surface area contributed by atoms with Crippen molar-refractivity contribution in [3.8, 4) is 0 Å². The zero-order valence-corrected chi connectivity index (χ0v) is 6.91. The number of aliphatic carboxylic acids is 1. The van der Waals surface area contributed by atoms with Gasteiger partial charge < -0.3 is 5.11 Å². The third kappa shape index (κ3) is 1.13. The summed E-state index contributed by atoms with van der Waals surface area (Å²) >= 11 is 0. The molecule has 0 bridgehead atoms. The van der Waals surface area contributed by atoms with E-state index in [0.29, 0.717) is 5.65 Å². The Morgan fingerprint density at radius 2 is 2.14 bits per heavy atom. The van der Waals surface area contributed by atoms with E-state index in [0.717, 1.165) is 0 Å². The number of carbonyl (C=O) groups is 2. The maximum atomic E-state index is 11.1. The Hall–Kier alpha value is -2.24. The average molecular weight is 191 g/mol. The molecule has 0 amide bonds. The molecule has 0 spiro atoms. The molecule has 0 unspecified atom stereocenters. The van der Waals surface area contributed by atoms with E-state index < -0.39 is 11.8 Å². The van der Waals surface area contributed by atoms with Gasteiger partial charge in [0.2, 0.25) is 0 Å². The summed E-state index contributed by atoms with van der Waals surface area (Å²) in [7, 11) is 0. The monoisotopic (exact) mass is 191 g/mol. The van der Waals surface area contributed by atoms with Gasteiger partial charge in [-0.15, -0.1) is 0 Å². The second-order valence-electron chi connectivity index (χ2n) is 2.58. The van der Waals surface area contributed by atoms with Crippen molar-refractivity contribution in [2.45, 2.75) is 0 Å². The molecule has 0 atom stereocenters. The predicted molar refractivity (Wildman–Crippen MR) is 45.0 cm³/mol. The third-order valence-electron chi connectivity index (χ3n) is 1.74. The number of aromatic nitrogens is 3. The summed E-state index contributed by atoms with van der Waals surface area (Å²) < 4.78 is 1.38. The number of hydrogen-bond acceptors (Lipinski definition) is 4. The second kappa shape index (κ2) is 2.91. The number of Topliss-reactive ketones (excluding diaryl/α,β-unsaturated/α-hetero) is 1. The fourth-order valence-corrected chi connectivity index (χ4v) is 1.12. The minimum Gasteiger partial charge on any atom is -0.475 e. The maximum absolute atomic E-state index is 11.1. The molecule has 0 aromatic carbocycles. The molecule has 0 aliphatic rings. The zero-order chi connectivity index (χ0) is 10.1. The first-order valence-electron chi connectivity index (χ1n) is 3.75. The van der Waals surface area contributed by atoms with Crippen LogP contribution in [0.25, 0.3) is 5.65 Å². The summed E-state index contributed by atoms with van der Waals surface area (Å²) in [6, 6.07) is 0. The molecule has 70 valence electrons. The van der Waals surface area contributed by atoms with Crippen LogP contribution in [0.4, 0.5) is 0 Å². The first-order chi connectivity index (χ1) is 6.70. The molecular formula is C8H5N3O3. The van der Waals surface area contributed by atoms with Crippen molar-refractivity contribution in [3.63, 3.8) is 0 Å². The van der Waals surface area contributed by atoms with Crippen LogP contribution in [0.3, 0.4) is 0 Å². The number of carboxylic acid groups (broad SMARTS) is 1. The number of carbonyl (C=O) groups excluding carboxylic acids is 1. The lowest BCUT2D eigenvalue weighted by Crippen LogP contribution is -2.14. The van der Waals surface area contributed by atoms with E-state index in [4.69, 9.17) is 5.11 Å². The smallest absolute Gasteiger partial charge is 0.378 e. The number of imidazole rings is 1. The van der Waals surface area contributed by atoms with E-state index in [-0.39, 0.29) is 5.69 Å². The Balaban J connectivity index is 2.64. The summed E-state index contributed by atoms with van der Waals surface area (Å²) in [5.74, 6) is -2.48. The highest BCUT2D eigenvalue weighted by Crippen LogP contribution is 2.05. The van der Waals surface area contributed by atoms with Crippen molar-refractivity contribution >= 4 is 17.4 Å². The standard InChI is InChI=1S/C8H5N3O3/c12-7(8(13)14)5-3-10-6-4-9-1-2-11(5)6/h1-4H,(H,13,14). The van der Waals surface area contributed by atoms with Crippen LogP contribution >= 0.6 is 0 Å². The van der Waals surface area contributed by atoms with Crippen molar-refractivity contribution in [1.82, 2.24) is 14.4 Å². The first-order valence-corrected chi connectivity index (χ1v) is 3.75. The van der Waals surface area contributed by atoms with Crippen LogP contribution < -0.4 is 0 Å². The molecule has 0 aliphatic carbocycles. The quantitative estimate of drug-likeness (QED) is 0.533. The molecule has 2 rings (SSSR count). The van der Waals surface area contributed by atoms with Gasteiger partial charge in [0.05, 0.1) is 12.4 Å². The molecule has 2 aromatic heterocycles. The zero-order valence-electron chi connectivity index (χ0n) is 6.91.